The van der Waals surface area contributed by atoms with Crippen molar-refractivity contribution in [2.75, 3.05) is 13.2 Å². The van der Waals surface area contributed by atoms with Gasteiger partial charge in [-0.05, 0) is 54.4 Å². The molecule has 0 aliphatic heterocycles. The molecule has 0 heterocycles. The van der Waals surface area contributed by atoms with E-state index in [1.165, 1.54) is 0 Å². The fourth-order valence-electron chi connectivity index (χ4n) is 1.99. The van der Waals surface area contributed by atoms with Gasteiger partial charge in [-0.2, -0.15) is 0 Å². The molecular weight excluding hydrogens is 214 g/mol. The van der Waals surface area contributed by atoms with E-state index < -0.39 is 0 Å². The van der Waals surface area contributed by atoms with Crippen LogP contribution in [0.25, 0.3) is 0 Å². The van der Waals surface area contributed by atoms with E-state index in [1.54, 1.807) is 0 Å². The third-order valence-corrected chi connectivity index (χ3v) is 2.70. The van der Waals surface area contributed by atoms with Gasteiger partial charge in [0.2, 0.25) is 0 Å². The summed E-state index contributed by atoms with van der Waals surface area (Å²) >= 11 is 0. The summed E-state index contributed by atoms with van der Waals surface area (Å²) < 4.78 is 11.4. The highest BCUT2D eigenvalue weighted by Gasteiger charge is 2.32. The standard InChI is InChI=1S/C14H29NO2/c1-13(2,3)15-11-9-12(10-11)16-7-8-17-14(4,5)6/h11-12,15H,7-10H2,1-6H3/t11-,12+. The molecule has 17 heavy (non-hydrogen) atoms. The lowest BCUT2D eigenvalue weighted by molar-refractivity contribution is -0.0755. The Morgan fingerprint density at radius 2 is 1.59 bits per heavy atom. The van der Waals surface area contributed by atoms with Gasteiger partial charge in [0.25, 0.3) is 0 Å². The van der Waals surface area contributed by atoms with Gasteiger partial charge in [0, 0.05) is 11.6 Å². The Morgan fingerprint density at radius 1 is 1.00 bits per heavy atom. The lowest BCUT2D eigenvalue weighted by Gasteiger charge is -2.40. The summed E-state index contributed by atoms with van der Waals surface area (Å²) in [4.78, 5) is 0. The molecule has 0 amide bonds. The van der Waals surface area contributed by atoms with Crippen LogP contribution < -0.4 is 5.32 Å². The van der Waals surface area contributed by atoms with Gasteiger partial charge in [-0.25, -0.2) is 0 Å². The second kappa shape index (κ2) is 5.68. The number of hydrogen-bond donors (Lipinski definition) is 1. The van der Waals surface area contributed by atoms with E-state index in [-0.39, 0.29) is 11.1 Å². The first-order chi connectivity index (χ1) is 7.66. The van der Waals surface area contributed by atoms with Crippen LogP contribution in [-0.4, -0.2) is 36.5 Å². The maximum atomic E-state index is 5.75. The highest BCUT2D eigenvalue weighted by molar-refractivity contribution is 4.90. The lowest BCUT2D eigenvalue weighted by Crippen LogP contribution is -2.52. The van der Waals surface area contributed by atoms with Crippen LogP contribution in [0.15, 0.2) is 0 Å². The molecular formula is C14H29NO2. The van der Waals surface area contributed by atoms with Crippen LogP contribution in [0, 0.1) is 0 Å². The van der Waals surface area contributed by atoms with Gasteiger partial charge in [0.1, 0.15) is 0 Å². The van der Waals surface area contributed by atoms with E-state index in [1.807, 2.05) is 0 Å². The topological polar surface area (TPSA) is 30.5 Å². The fourth-order valence-corrected chi connectivity index (χ4v) is 1.99. The zero-order chi connectivity index (χ0) is 13.1. The fraction of sp³-hybridized carbons (Fsp3) is 1.00. The lowest BCUT2D eigenvalue weighted by atomic mass is 9.87. The summed E-state index contributed by atoms with van der Waals surface area (Å²) in [6.07, 6.45) is 2.69. The zero-order valence-corrected chi connectivity index (χ0v) is 12.3. The average Bonchev–Trinajstić information content (AvgIpc) is 2.03. The van der Waals surface area contributed by atoms with Crippen molar-refractivity contribution >= 4 is 0 Å². The highest BCUT2D eigenvalue weighted by atomic mass is 16.5. The molecule has 1 saturated carbocycles. The van der Waals surface area contributed by atoms with Gasteiger partial charge in [0.05, 0.1) is 24.9 Å². The van der Waals surface area contributed by atoms with Crippen molar-refractivity contribution in [2.45, 2.75) is 77.7 Å². The van der Waals surface area contributed by atoms with E-state index in [2.05, 4.69) is 46.9 Å². The first-order valence-corrected chi connectivity index (χ1v) is 6.69. The van der Waals surface area contributed by atoms with Crippen molar-refractivity contribution in [1.29, 1.82) is 0 Å². The predicted molar refractivity (Wildman–Crippen MR) is 71.4 cm³/mol. The second-order valence-corrected chi connectivity index (χ2v) is 7.02. The largest absolute Gasteiger partial charge is 0.376 e. The molecule has 0 saturated heterocycles. The molecule has 1 aliphatic carbocycles. The highest BCUT2D eigenvalue weighted by Crippen LogP contribution is 2.25. The van der Waals surface area contributed by atoms with Crippen molar-refractivity contribution < 1.29 is 9.47 Å². The molecule has 1 aliphatic rings. The minimum Gasteiger partial charge on any atom is -0.376 e. The first-order valence-electron chi connectivity index (χ1n) is 6.69. The van der Waals surface area contributed by atoms with Gasteiger partial charge >= 0.3 is 0 Å². The van der Waals surface area contributed by atoms with E-state index in [0.29, 0.717) is 25.4 Å². The molecule has 1 fully saturated rings. The van der Waals surface area contributed by atoms with Crippen LogP contribution in [0.3, 0.4) is 0 Å². The van der Waals surface area contributed by atoms with E-state index >= 15 is 0 Å². The Bertz CT molecular complexity index is 221. The third-order valence-electron chi connectivity index (χ3n) is 2.70. The summed E-state index contributed by atoms with van der Waals surface area (Å²) in [6.45, 7) is 14.2. The molecule has 0 aromatic carbocycles. The molecule has 0 aromatic heterocycles. The summed E-state index contributed by atoms with van der Waals surface area (Å²) in [5, 5.41) is 3.59. The molecule has 102 valence electrons. The van der Waals surface area contributed by atoms with Crippen LogP contribution in [0.4, 0.5) is 0 Å². The molecule has 0 bridgehead atoms. The van der Waals surface area contributed by atoms with E-state index in [9.17, 15) is 0 Å². The molecule has 0 radical (unpaired) electrons. The molecule has 3 heteroatoms. The third kappa shape index (κ3) is 7.02. The van der Waals surface area contributed by atoms with Crippen molar-refractivity contribution in [3.63, 3.8) is 0 Å². The van der Waals surface area contributed by atoms with Crippen LogP contribution in [-0.2, 0) is 9.47 Å². The summed E-state index contributed by atoms with van der Waals surface area (Å²) in [7, 11) is 0. The number of rotatable bonds is 5. The minimum absolute atomic E-state index is 0.0563. The molecule has 1 rings (SSSR count). The maximum absolute atomic E-state index is 5.75. The Labute approximate surface area is 106 Å². The number of hydrogen-bond acceptors (Lipinski definition) is 3. The Kier molecular flexibility index (Phi) is 4.99. The summed E-state index contributed by atoms with van der Waals surface area (Å²) in [6, 6.07) is 0.628. The van der Waals surface area contributed by atoms with Crippen molar-refractivity contribution in [3.05, 3.63) is 0 Å². The molecule has 0 spiro atoms. The monoisotopic (exact) mass is 243 g/mol. The molecule has 0 atom stereocenters. The zero-order valence-electron chi connectivity index (χ0n) is 12.3. The minimum atomic E-state index is -0.0563. The quantitative estimate of drug-likeness (QED) is 0.753. The van der Waals surface area contributed by atoms with Crippen molar-refractivity contribution in [2.24, 2.45) is 0 Å². The molecule has 1 N–H and O–H groups in total. The van der Waals surface area contributed by atoms with Crippen LogP contribution in [0.2, 0.25) is 0 Å². The molecule has 0 aromatic rings. The summed E-state index contributed by atoms with van der Waals surface area (Å²) in [5.74, 6) is 0. The smallest absolute Gasteiger partial charge is 0.0707 e. The van der Waals surface area contributed by atoms with Crippen molar-refractivity contribution in [1.82, 2.24) is 5.32 Å². The van der Waals surface area contributed by atoms with Crippen LogP contribution in [0.5, 0.6) is 0 Å². The van der Waals surface area contributed by atoms with Gasteiger partial charge in [-0.15, -0.1) is 0 Å². The Hall–Kier alpha value is -0.120. The Morgan fingerprint density at radius 3 is 2.06 bits per heavy atom. The van der Waals surface area contributed by atoms with Gasteiger partial charge in [-0.3, -0.25) is 0 Å². The number of nitrogens with one attached hydrogen (secondary N) is 1. The SMILES string of the molecule is CC(C)(C)N[C@H]1C[C@@H](OCCOC(C)(C)C)C1. The normalized spacial score (nSPS) is 25.8. The maximum Gasteiger partial charge on any atom is 0.0707 e. The average molecular weight is 243 g/mol. The van der Waals surface area contributed by atoms with Crippen LogP contribution >= 0.6 is 0 Å². The Balaban J connectivity index is 1.99. The second-order valence-electron chi connectivity index (χ2n) is 7.02. The molecule has 3 nitrogen and oxygen atoms in total. The van der Waals surface area contributed by atoms with Gasteiger partial charge < -0.3 is 14.8 Å². The molecule has 0 unspecified atom stereocenters. The predicted octanol–water partition coefficient (Wildman–Crippen LogP) is 2.74. The van der Waals surface area contributed by atoms with Crippen LogP contribution in [0.1, 0.15) is 54.4 Å². The summed E-state index contributed by atoms with van der Waals surface area (Å²) in [5.41, 5.74) is 0.157. The van der Waals surface area contributed by atoms with E-state index in [0.717, 1.165) is 12.8 Å². The van der Waals surface area contributed by atoms with Crippen molar-refractivity contribution in [3.8, 4) is 0 Å². The van der Waals surface area contributed by atoms with Gasteiger partial charge in [0.15, 0.2) is 0 Å². The van der Waals surface area contributed by atoms with E-state index in [4.69, 9.17) is 9.47 Å². The first kappa shape index (κ1) is 14.9. The number of ether oxygens (including phenoxy) is 2. The van der Waals surface area contributed by atoms with Gasteiger partial charge in [-0.1, -0.05) is 0 Å².